The van der Waals surface area contributed by atoms with Gasteiger partial charge in [0, 0.05) is 11.6 Å². The zero-order valence-corrected chi connectivity index (χ0v) is 11.9. The SMILES string of the molecule is O=C(c1ccccc1)c1cc2c([N+](=O)[O-])c(O)c(O)cc2oc1=O. The number of nitro benzene ring substituents is 1. The third kappa shape index (κ3) is 2.35. The molecule has 0 bridgehead atoms. The Kier molecular flexibility index (Phi) is 3.49. The number of hydrogen-bond donors (Lipinski definition) is 2. The Morgan fingerprint density at radius 2 is 1.79 bits per heavy atom. The van der Waals surface area contributed by atoms with Crippen LogP contribution >= 0.6 is 0 Å². The number of carbonyl (C=O) groups is 1. The number of phenolic OH excluding ortho intramolecular Hbond substituents is 2. The molecule has 0 fully saturated rings. The molecule has 0 saturated carbocycles. The van der Waals surface area contributed by atoms with Crippen LogP contribution in [0.5, 0.6) is 11.5 Å². The Morgan fingerprint density at radius 3 is 2.42 bits per heavy atom. The van der Waals surface area contributed by atoms with Crippen LogP contribution in [-0.4, -0.2) is 20.9 Å². The second-order valence-electron chi connectivity index (χ2n) is 4.90. The average Bonchev–Trinajstić information content (AvgIpc) is 2.55. The third-order valence-corrected chi connectivity index (χ3v) is 3.43. The molecular formula is C16H9NO7. The van der Waals surface area contributed by atoms with Crippen molar-refractivity contribution >= 4 is 22.4 Å². The van der Waals surface area contributed by atoms with Gasteiger partial charge in [0.15, 0.2) is 11.5 Å². The fourth-order valence-corrected chi connectivity index (χ4v) is 2.31. The van der Waals surface area contributed by atoms with E-state index < -0.39 is 39.1 Å². The van der Waals surface area contributed by atoms with Gasteiger partial charge in [0.05, 0.1) is 4.92 Å². The van der Waals surface area contributed by atoms with E-state index in [4.69, 9.17) is 4.42 Å². The maximum atomic E-state index is 12.4. The summed E-state index contributed by atoms with van der Waals surface area (Å²) in [6, 6.07) is 9.70. The van der Waals surface area contributed by atoms with Crippen molar-refractivity contribution in [3.63, 3.8) is 0 Å². The summed E-state index contributed by atoms with van der Waals surface area (Å²) in [5, 5.41) is 30.1. The van der Waals surface area contributed by atoms with Crippen LogP contribution in [0.4, 0.5) is 5.69 Å². The molecule has 0 saturated heterocycles. The van der Waals surface area contributed by atoms with E-state index in [1.165, 1.54) is 12.1 Å². The molecule has 3 rings (SSSR count). The van der Waals surface area contributed by atoms with Gasteiger partial charge < -0.3 is 14.6 Å². The molecule has 0 spiro atoms. The second-order valence-corrected chi connectivity index (χ2v) is 4.90. The first-order valence-electron chi connectivity index (χ1n) is 6.67. The Balaban J connectivity index is 2.32. The fraction of sp³-hybridized carbons (Fsp3) is 0. The normalized spacial score (nSPS) is 10.7. The summed E-state index contributed by atoms with van der Waals surface area (Å²) in [6.07, 6.45) is 0. The predicted octanol–water partition coefficient (Wildman–Crippen LogP) is 2.34. The minimum Gasteiger partial charge on any atom is -0.504 e. The van der Waals surface area contributed by atoms with E-state index in [0.717, 1.165) is 12.1 Å². The second kappa shape index (κ2) is 5.51. The van der Waals surface area contributed by atoms with Gasteiger partial charge in [-0.1, -0.05) is 30.3 Å². The van der Waals surface area contributed by atoms with Crippen molar-refractivity contribution in [1.82, 2.24) is 0 Å². The van der Waals surface area contributed by atoms with Crippen LogP contribution in [-0.2, 0) is 0 Å². The van der Waals surface area contributed by atoms with Crippen molar-refractivity contribution in [2.75, 3.05) is 0 Å². The summed E-state index contributed by atoms with van der Waals surface area (Å²) < 4.78 is 4.91. The highest BCUT2D eigenvalue weighted by molar-refractivity contribution is 6.10. The quantitative estimate of drug-likeness (QED) is 0.248. The maximum absolute atomic E-state index is 12.4. The van der Waals surface area contributed by atoms with Crippen molar-refractivity contribution in [1.29, 1.82) is 0 Å². The summed E-state index contributed by atoms with van der Waals surface area (Å²) in [5.74, 6) is -2.45. The van der Waals surface area contributed by atoms with Gasteiger partial charge in [-0.15, -0.1) is 0 Å². The number of ketones is 1. The molecule has 3 aromatic rings. The molecule has 8 heteroatoms. The molecule has 0 atom stereocenters. The van der Waals surface area contributed by atoms with Gasteiger partial charge in [0.1, 0.15) is 16.5 Å². The van der Waals surface area contributed by atoms with Crippen molar-refractivity contribution in [2.24, 2.45) is 0 Å². The van der Waals surface area contributed by atoms with E-state index >= 15 is 0 Å². The van der Waals surface area contributed by atoms with Crippen LogP contribution in [0.1, 0.15) is 15.9 Å². The molecular weight excluding hydrogens is 318 g/mol. The lowest BCUT2D eigenvalue weighted by atomic mass is 10.0. The highest BCUT2D eigenvalue weighted by Gasteiger charge is 2.26. The summed E-state index contributed by atoms with van der Waals surface area (Å²) in [7, 11) is 0. The van der Waals surface area contributed by atoms with E-state index in [2.05, 4.69) is 0 Å². The van der Waals surface area contributed by atoms with Gasteiger partial charge in [0.25, 0.3) is 0 Å². The number of nitrogens with zero attached hydrogens (tertiary/aromatic N) is 1. The standard InChI is InChI=1S/C16H9NO7/c18-11-7-12-9(13(15(11)20)17(22)23)6-10(16(21)24-12)14(19)8-4-2-1-3-5-8/h1-7,18,20H. The van der Waals surface area contributed by atoms with Crippen LogP contribution < -0.4 is 5.63 Å². The molecule has 0 aliphatic carbocycles. The highest BCUT2D eigenvalue weighted by Crippen LogP contribution is 2.41. The molecule has 0 aliphatic heterocycles. The molecule has 120 valence electrons. The zero-order chi connectivity index (χ0) is 17.4. The van der Waals surface area contributed by atoms with Crippen molar-refractivity contribution in [2.45, 2.75) is 0 Å². The molecule has 2 N–H and O–H groups in total. The number of hydrogen-bond acceptors (Lipinski definition) is 7. The highest BCUT2D eigenvalue weighted by atomic mass is 16.6. The number of carbonyl (C=O) groups excluding carboxylic acids is 1. The Labute approximate surface area is 133 Å². The average molecular weight is 327 g/mol. The van der Waals surface area contributed by atoms with Gasteiger partial charge in [-0.2, -0.15) is 0 Å². The summed E-state index contributed by atoms with van der Waals surface area (Å²) >= 11 is 0. The molecule has 8 nitrogen and oxygen atoms in total. The number of fused-ring (bicyclic) bond motifs is 1. The molecule has 0 amide bonds. The van der Waals surface area contributed by atoms with Crippen LogP contribution in [0.2, 0.25) is 0 Å². The molecule has 24 heavy (non-hydrogen) atoms. The molecule has 1 heterocycles. The molecule has 0 radical (unpaired) electrons. The van der Waals surface area contributed by atoms with E-state index in [9.17, 15) is 29.9 Å². The summed E-state index contributed by atoms with van der Waals surface area (Å²) in [6.45, 7) is 0. The van der Waals surface area contributed by atoms with E-state index in [0.29, 0.717) is 0 Å². The number of aromatic hydroxyl groups is 2. The molecule has 0 aliphatic rings. The minimum absolute atomic E-state index is 0.204. The lowest BCUT2D eigenvalue weighted by molar-refractivity contribution is -0.384. The summed E-state index contributed by atoms with van der Waals surface area (Å²) in [4.78, 5) is 34.6. The van der Waals surface area contributed by atoms with E-state index in [1.807, 2.05) is 0 Å². The van der Waals surface area contributed by atoms with Crippen LogP contribution in [0.25, 0.3) is 11.0 Å². The number of rotatable bonds is 3. The Morgan fingerprint density at radius 1 is 1.12 bits per heavy atom. The lowest BCUT2D eigenvalue weighted by Gasteiger charge is -2.05. The molecule has 0 unspecified atom stereocenters. The van der Waals surface area contributed by atoms with Gasteiger partial charge in [0.2, 0.25) is 5.75 Å². The monoisotopic (exact) mass is 327 g/mol. The van der Waals surface area contributed by atoms with Crippen LogP contribution in [0.3, 0.4) is 0 Å². The van der Waals surface area contributed by atoms with Gasteiger partial charge in [-0.05, 0) is 6.07 Å². The first kappa shape index (κ1) is 15.2. The smallest absolute Gasteiger partial charge is 0.347 e. The van der Waals surface area contributed by atoms with E-state index in [1.54, 1.807) is 18.2 Å². The van der Waals surface area contributed by atoms with Crippen molar-refractivity contribution < 1.29 is 24.3 Å². The number of nitro groups is 1. The Bertz CT molecular complexity index is 1040. The number of benzene rings is 2. The van der Waals surface area contributed by atoms with Crippen molar-refractivity contribution in [3.8, 4) is 11.5 Å². The maximum Gasteiger partial charge on any atom is 0.347 e. The van der Waals surface area contributed by atoms with E-state index in [-0.39, 0.29) is 16.5 Å². The van der Waals surface area contributed by atoms with Crippen LogP contribution in [0.15, 0.2) is 51.7 Å². The number of phenols is 2. The molecule has 2 aromatic carbocycles. The Hall–Kier alpha value is -3.68. The third-order valence-electron chi connectivity index (χ3n) is 3.43. The first-order valence-corrected chi connectivity index (χ1v) is 6.67. The van der Waals surface area contributed by atoms with Crippen LogP contribution in [0, 0.1) is 10.1 Å². The van der Waals surface area contributed by atoms with Gasteiger partial charge in [-0.3, -0.25) is 14.9 Å². The first-order chi connectivity index (χ1) is 11.4. The van der Waals surface area contributed by atoms with Gasteiger partial charge in [-0.25, -0.2) is 4.79 Å². The van der Waals surface area contributed by atoms with Crippen molar-refractivity contribution in [3.05, 3.63) is 74.1 Å². The lowest BCUT2D eigenvalue weighted by Crippen LogP contribution is -2.15. The zero-order valence-electron chi connectivity index (χ0n) is 11.9. The van der Waals surface area contributed by atoms with Gasteiger partial charge >= 0.3 is 11.3 Å². The molecule has 1 aromatic heterocycles. The fourth-order valence-electron chi connectivity index (χ4n) is 2.31. The topological polar surface area (TPSA) is 131 Å². The summed E-state index contributed by atoms with van der Waals surface area (Å²) in [5.41, 5.74) is -2.38. The predicted molar refractivity (Wildman–Crippen MR) is 82.3 cm³/mol. The largest absolute Gasteiger partial charge is 0.504 e. The minimum atomic E-state index is -1.00.